The molecule has 1 saturated heterocycles. The van der Waals surface area contributed by atoms with Gasteiger partial charge in [0.25, 0.3) is 0 Å². The minimum atomic E-state index is -0.0304. The van der Waals surface area contributed by atoms with Crippen LogP contribution in [-0.4, -0.2) is 43.2 Å². The Labute approximate surface area is 147 Å². The van der Waals surface area contributed by atoms with Crippen molar-refractivity contribution in [3.8, 4) is 11.5 Å². The molecule has 0 radical (unpaired) electrons. The van der Waals surface area contributed by atoms with Gasteiger partial charge in [0.15, 0.2) is 0 Å². The molecule has 0 unspecified atom stereocenters. The molecule has 7 heteroatoms. The Balaban J connectivity index is 1.60. The zero-order valence-corrected chi connectivity index (χ0v) is 14.4. The Kier molecular flexibility index (Phi) is 5.33. The maximum atomic E-state index is 12.6. The van der Waals surface area contributed by atoms with Crippen LogP contribution in [0.3, 0.4) is 0 Å². The van der Waals surface area contributed by atoms with Gasteiger partial charge in [0.2, 0.25) is 11.9 Å². The van der Waals surface area contributed by atoms with Gasteiger partial charge in [-0.15, -0.1) is 0 Å². The monoisotopic (exact) mass is 342 g/mol. The molecule has 0 saturated carbocycles. The number of nitrogens with zero attached hydrogens (tertiary/aromatic N) is 3. The van der Waals surface area contributed by atoms with E-state index in [1.165, 1.54) is 0 Å². The third-order valence-corrected chi connectivity index (χ3v) is 4.32. The van der Waals surface area contributed by atoms with Gasteiger partial charge in [0.1, 0.15) is 11.5 Å². The van der Waals surface area contributed by atoms with Crippen molar-refractivity contribution in [2.45, 2.75) is 12.8 Å². The third-order valence-electron chi connectivity index (χ3n) is 4.32. The molecule has 1 N–H and O–H groups in total. The predicted molar refractivity (Wildman–Crippen MR) is 95.1 cm³/mol. The number of anilines is 2. The second-order valence-electron chi connectivity index (χ2n) is 5.90. The highest BCUT2D eigenvalue weighted by Gasteiger charge is 2.26. The molecule has 0 spiro atoms. The number of piperidine rings is 1. The van der Waals surface area contributed by atoms with Crippen LogP contribution in [0.25, 0.3) is 0 Å². The zero-order chi connectivity index (χ0) is 17.6. The van der Waals surface area contributed by atoms with Gasteiger partial charge in [-0.2, -0.15) is 0 Å². The number of aromatic nitrogens is 2. The number of hydrogen-bond acceptors (Lipinski definition) is 6. The highest BCUT2D eigenvalue weighted by Crippen LogP contribution is 2.27. The van der Waals surface area contributed by atoms with Crippen molar-refractivity contribution in [2.75, 3.05) is 37.5 Å². The van der Waals surface area contributed by atoms with Gasteiger partial charge in [0, 0.05) is 55.3 Å². The molecule has 1 aromatic heterocycles. The standard InChI is InChI=1S/C18H22N4O3/c1-24-15-10-14(11-16(12-15)25-2)21-17(23)13-4-8-22(9-5-13)18-19-6-3-7-20-18/h3,6-7,10-13H,4-5,8-9H2,1-2H3,(H,21,23). The fourth-order valence-electron chi connectivity index (χ4n) is 2.92. The van der Waals surface area contributed by atoms with E-state index in [-0.39, 0.29) is 11.8 Å². The second-order valence-corrected chi connectivity index (χ2v) is 5.90. The molecule has 1 aliphatic rings. The summed E-state index contributed by atoms with van der Waals surface area (Å²) < 4.78 is 10.5. The molecule has 1 aromatic carbocycles. The number of rotatable bonds is 5. The van der Waals surface area contributed by atoms with E-state index in [9.17, 15) is 4.79 Å². The van der Waals surface area contributed by atoms with Gasteiger partial charge >= 0.3 is 0 Å². The molecule has 1 fully saturated rings. The summed E-state index contributed by atoms with van der Waals surface area (Å²) >= 11 is 0. The van der Waals surface area contributed by atoms with E-state index < -0.39 is 0 Å². The Hall–Kier alpha value is -2.83. The Morgan fingerprint density at radius 1 is 1.08 bits per heavy atom. The first-order chi connectivity index (χ1) is 12.2. The van der Waals surface area contributed by atoms with E-state index in [4.69, 9.17) is 9.47 Å². The first-order valence-corrected chi connectivity index (χ1v) is 8.25. The Bertz CT molecular complexity index is 693. The Morgan fingerprint density at radius 2 is 1.68 bits per heavy atom. The zero-order valence-electron chi connectivity index (χ0n) is 14.4. The summed E-state index contributed by atoms with van der Waals surface area (Å²) in [6.45, 7) is 1.53. The van der Waals surface area contributed by atoms with Gasteiger partial charge in [-0.3, -0.25) is 4.79 Å². The van der Waals surface area contributed by atoms with Gasteiger partial charge < -0.3 is 19.7 Å². The van der Waals surface area contributed by atoms with Crippen LogP contribution in [0.4, 0.5) is 11.6 Å². The van der Waals surface area contributed by atoms with Crippen molar-refractivity contribution in [3.63, 3.8) is 0 Å². The van der Waals surface area contributed by atoms with Crippen LogP contribution >= 0.6 is 0 Å². The van der Waals surface area contributed by atoms with Crippen LogP contribution in [0.2, 0.25) is 0 Å². The highest BCUT2D eigenvalue weighted by molar-refractivity contribution is 5.93. The molecule has 3 rings (SSSR count). The van der Waals surface area contributed by atoms with Crippen molar-refractivity contribution < 1.29 is 14.3 Å². The van der Waals surface area contributed by atoms with Crippen LogP contribution in [0.1, 0.15) is 12.8 Å². The third kappa shape index (κ3) is 4.17. The van der Waals surface area contributed by atoms with Crippen molar-refractivity contribution in [1.29, 1.82) is 0 Å². The first kappa shape index (κ1) is 17.0. The van der Waals surface area contributed by atoms with E-state index >= 15 is 0 Å². The molecular formula is C18H22N4O3. The summed E-state index contributed by atoms with van der Waals surface area (Å²) in [5, 5.41) is 2.97. The quantitative estimate of drug-likeness (QED) is 0.899. The number of nitrogens with one attached hydrogen (secondary N) is 1. The number of methoxy groups -OCH3 is 2. The topological polar surface area (TPSA) is 76.6 Å². The lowest BCUT2D eigenvalue weighted by Crippen LogP contribution is -2.39. The van der Waals surface area contributed by atoms with Crippen LogP contribution in [-0.2, 0) is 4.79 Å². The number of carbonyl (C=O) groups is 1. The minimum Gasteiger partial charge on any atom is -0.497 e. The number of amides is 1. The van der Waals surface area contributed by atoms with E-state index in [0.29, 0.717) is 17.2 Å². The first-order valence-electron chi connectivity index (χ1n) is 8.25. The summed E-state index contributed by atoms with van der Waals surface area (Å²) in [6, 6.07) is 7.14. The maximum Gasteiger partial charge on any atom is 0.227 e. The SMILES string of the molecule is COc1cc(NC(=O)C2CCN(c3ncccn3)CC2)cc(OC)c1. The van der Waals surface area contributed by atoms with Crippen LogP contribution in [0, 0.1) is 5.92 Å². The van der Waals surface area contributed by atoms with E-state index in [1.807, 2.05) is 0 Å². The molecule has 7 nitrogen and oxygen atoms in total. The van der Waals surface area contributed by atoms with Crippen LogP contribution < -0.4 is 19.7 Å². The molecule has 1 aliphatic heterocycles. The van der Waals surface area contributed by atoms with Gasteiger partial charge in [-0.1, -0.05) is 0 Å². The number of ether oxygens (including phenoxy) is 2. The second kappa shape index (κ2) is 7.83. The predicted octanol–water partition coefficient (Wildman–Crippen LogP) is 2.35. The molecule has 2 heterocycles. The summed E-state index contributed by atoms with van der Waals surface area (Å²) in [7, 11) is 3.17. The number of carbonyl (C=O) groups excluding carboxylic acids is 1. The van der Waals surface area contributed by atoms with E-state index in [1.54, 1.807) is 50.9 Å². The van der Waals surface area contributed by atoms with E-state index in [2.05, 4.69) is 20.2 Å². The smallest absolute Gasteiger partial charge is 0.227 e. The normalized spacial score (nSPS) is 14.9. The van der Waals surface area contributed by atoms with Gasteiger partial charge in [0.05, 0.1) is 14.2 Å². The molecule has 132 valence electrons. The Morgan fingerprint density at radius 3 is 2.24 bits per heavy atom. The lowest BCUT2D eigenvalue weighted by atomic mass is 9.96. The molecule has 0 aliphatic carbocycles. The summed E-state index contributed by atoms with van der Waals surface area (Å²) in [4.78, 5) is 23.2. The number of hydrogen-bond donors (Lipinski definition) is 1. The van der Waals surface area contributed by atoms with Gasteiger partial charge in [-0.25, -0.2) is 9.97 Å². The molecular weight excluding hydrogens is 320 g/mol. The molecule has 1 amide bonds. The average molecular weight is 342 g/mol. The largest absolute Gasteiger partial charge is 0.497 e. The molecule has 0 bridgehead atoms. The summed E-state index contributed by atoms with van der Waals surface area (Å²) in [5.74, 6) is 2.00. The minimum absolute atomic E-state index is 0.0175. The van der Waals surface area contributed by atoms with E-state index in [0.717, 1.165) is 31.9 Å². The molecule has 25 heavy (non-hydrogen) atoms. The summed E-state index contributed by atoms with van der Waals surface area (Å²) in [6.07, 6.45) is 5.00. The van der Waals surface area contributed by atoms with Crippen LogP contribution in [0.15, 0.2) is 36.7 Å². The van der Waals surface area contributed by atoms with Crippen molar-refractivity contribution in [3.05, 3.63) is 36.7 Å². The lowest BCUT2D eigenvalue weighted by molar-refractivity contribution is -0.120. The van der Waals surface area contributed by atoms with Crippen molar-refractivity contribution in [2.24, 2.45) is 5.92 Å². The molecule has 0 atom stereocenters. The van der Waals surface area contributed by atoms with Gasteiger partial charge in [-0.05, 0) is 18.9 Å². The maximum absolute atomic E-state index is 12.6. The number of benzene rings is 1. The van der Waals surface area contributed by atoms with Crippen molar-refractivity contribution >= 4 is 17.5 Å². The highest BCUT2D eigenvalue weighted by atomic mass is 16.5. The fourth-order valence-corrected chi connectivity index (χ4v) is 2.92. The fraction of sp³-hybridized carbons (Fsp3) is 0.389. The lowest BCUT2D eigenvalue weighted by Gasteiger charge is -2.31. The summed E-state index contributed by atoms with van der Waals surface area (Å²) in [5.41, 5.74) is 0.676. The molecule has 2 aromatic rings. The average Bonchev–Trinajstić information content (AvgIpc) is 2.68. The van der Waals surface area contributed by atoms with Crippen molar-refractivity contribution in [1.82, 2.24) is 9.97 Å². The van der Waals surface area contributed by atoms with Crippen LogP contribution in [0.5, 0.6) is 11.5 Å².